The molecule has 0 radical (unpaired) electrons. The molecule has 4 rings (SSSR count). The first kappa shape index (κ1) is 20.0. The summed E-state index contributed by atoms with van der Waals surface area (Å²) >= 11 is 0. The third-order valence-corrected chi connectivity index (χ3v) is 5.87. The zero-order valence-electron chi connectivity index (χ0n) is 17.1. The summed E-state index contributed by atoms with van der Waals surface area (Å²) < 4.78 is 6.50. The third kappa shape index (κ3) is 4.49. The van der Waals surface area contributed by atoms with Crippen molar-refractivity contribution in [3.63, 3.8) is 0 Å². The molecule has 0 amide bonds. The molecule has 5 heteroatoms. The minimum Gasteiger partial charge on any atom is -0.485 e. The van der Waals surface area contributed by atoms with Crippen molar-refractivity contribution in [3.05, 3.63) is 59.8 Å². The molecule has 1 aliphatic rings. The van der Waals surface area contributed by atoms with Gasteiger partial charge in [-0.2, -0.15) is 5.10 Å². The largest absolute Gasteiger partial charge is 0.485 e. The van der Waals surface area contributed by atoms with Crippen LogP contribution in [-0.4, -0.2) is 21.3 Å². The fourth-order valence-corrected chi connectivity index (χ4v) is 4.35. The topological polar surface area (TPSA) is 75.2 Å². The van der Waals surface area contributed by atoms with Gasteiger partial charge < -0.3 is 9.84 Å². The first-order valence-electron chi connectivity index (χ1n) is 10.5. The predicted octanol–water partition coefficient (Wildman–Crippen LogP) is 5.45. The molecule has 2 atom stereocenters. The zero-order chi connectivity index (χ0) is 20.9. The van der Waals surface area contributed by atoms with Crippen molar-refractivity contribution < 1.29 is 14.6 Å². The first-order valence-corrected chi connectivity index (χ1v) is 10.5. The Morgan fingerprint density at radius 3 is 2.63 bits per heavy atom. The monoisotopic (exact) mass is 402 g/mol. The summed E-state index contributed by atoms with van der Waals surface area (Å²) in [5.74, 6) is 5.95. The number of benzene rings is 2. The molecular formula is C25H26N2O3. The lowest BCUT2D eigenvalue weighted by molar-refractivity contribution is -0.137. The highest BCUT2D eigenvalue weighted by Gasteiger charge is 2.28. The average molecular weight is 402 g/mol. The number of aromatic nitrogens is 2. The lowest BCUT2D eigenvalue weighted by Crippen LogP contribution is -2.16. The maximum absolute atomic E-state index is 11.1. The summed E-state index contributed by atoms with van der Waals surface area (Å²) in [5, 5.41) is 17.4. The Morgan fingerprint density at radius 2 is 1.93 bits per heavy atom. The van der Waals surface area contributed by atoms with Crippen LogP contribution in [0.3, 0.4) is 0 Å². The molecule has 30 heavy (non-hydrogen) atoms. The standard InChI is InChI=1S/C25H26N2O3/c1-2-5-19(15-24(28)29)17-10-12-22(13-11-17)30-25(18-6-3-4-7-18)20-8-9-21-16-26-27-23(21)14-20/h8-14,16,18-19,25H,3-4,6-7,15H2,1H3,(H,26,27)(H,28,29)/t19?,25-/m0/s1. The van der Waals surface area contributed by atoms with Gasteiger partial charge in [0, 0.05) is 11.3 Å². The van der Waals surface area contributed by atoms with Crippen molar-refractivity contribution in [2.24, 2.45) is 5.92 Å². The summed E-state index contributed by atoms with van der Waals surface area (Å²) in [4.78, 5) is 11.1. The van der Waals surface area contributed by atoms with Crippen molar-refractivity contribution >= 4 is 16.9 Å². The number of ether oxygens (including phenoxy) is 1. The van der Waals surface area contributed by atoms with E-state index in [9.17, 15) is 4.79 Å². The van der Waals surface area contributed by atoms with Gasteiger partial charge in [0.2, 0.25) is 0 Å². The fourth-order valence-electron chi connectivity index (χ4n) is 4.35. The van der Waals surface area contributed by atoms with Gasteiger partial charge in [-0.05, 0) is 49.1 Å². The highest BCUT2D eigenvalue weighted by molar-refractivity contribution is 5.78. The van der Waals surface area contributed by atoms with Gasteiger partial charge in [0.1, 0.15) is 11.9 Å². The molecule has 1 aromatic heterocycles. The number of rotatable bonds is 7. The van der Waals surface area contributed by atoms with Crippen LogP contribution in [0.5, 0.6) is 5.75 Å². The Balaban J connectivity index is 1.58. The van der Waals surface area contributed by atoms with Crippen molar-refractivity contribution in [1.82, 2.24) is 10.2 Å². The number of hydrogen-bond donors (Lipinski definition) is 2. The van der Waals surface area contributed by atoms with Gasteiger partial charge in [-0.3, -0.25) is 9.89 Å². The van der Waals surface area contributed by atoms with E-state index in [1.807, 2.05) is 30.5 Å². The third-order valence-electron chi connectivity index (χ3n) is 5.87. The van der Waals surface area contributed by atoms with Crippen molar-refractivity contribution in [1.29, 1.82) is 0 Å². The summed E-state index contributed by atoms with van der Waals surface area (Å²) in [7, 11) is 0. The highest BCUT2D eigenvalue weighted by Crippen LogP contribution is 2.39. The molecular weight excluding hydrogens is 376 g/mol. The molecule has 0 aliphatic heterocycles. The maximum atomic E-state index is 11.1. The minimum absolute atomic E-state index is 0.00403. The van der Waals surface area contributed by atoms with Crippen LogP contribution in [0.4, 0.5) is 0 Å². The first-order chi connectivity index (χ1) is 14.6. The molecule has 1 saturated carbocycles. The SMILES string of the molecule is CC#CC(CC(=O)O)c1ccc(O[C@H](c2ccc3cn[nH]c3c2)C2CCCC2)cc1. The van der Waals surface area contributed by atoms with Crippen molar-refractivity contribution in [2.75, 3.05) is 0 Å². The number of aromatic amines is 1. The van der Waals surface area contributed by atoms with E-state index in [0.29, 0.717) is 5.92 Å². The van der Waals surface area contributed by atoms with E-state index in [-0.39, 0.29) is 18.4 Å². The molecule has 5 nitrogen and oxygen atoms in total. The molecule has 1 unspecified atom stereocenters. The van der Waals surface area contributed by atoms with Crippen LogP contribution in [0.1, 0.15) is 62.2 Å². The quantitative estimate of drug-likeness (QED) is 0.515. The zero-order valence-corrected chi connectivity index (χ0v) is 17.1. The van der Waals surface area contributed by atoms with Gasteiger partial charge in [0.25, 0.3) is 0 Å². The number of nitrogens with zero attached hydrogens (tertiary/aromatic N) is 1. The second-order valence-electron chi connectivity index (χ2n) is 7.91. The van der Waals surface area contributed by atoms with E-state index in [4.69, 9.17) is 9.84 Å². The Kier molecular flexibility index (Phi) is 6.04. The van der Waals surface area contributed by atoms with Crippen LogP contribution in [0, 0.1) is 17.8 Å². The van der Waals surface area contributed by atoms with Crippen LogP contribution in [-0.2, 0) is 4.79 Å². The van der Waals surface area contributed by atoms with Crippen LogP contribution in [0.25, 0.3) is 10.9 Å². The van der Waals surface area contributed by atoms with Crippen LogP contribution < -0.4 is 4.74 Å². The van der Waals surface area contributed by atoms with Gasteiger partial charge in [-0.15, -0.1) is 5.92 Å². The summed E-state index contributed by atoms with van der Waals surface area (Å²) in [6.45, 7) is 1.73. The van der Waals surface area contributed by atoms with Crippen molar-refractivity contribution in [3.8, 4) is 17.6 Å². The maximum Gasteiger partial charge on any atom is 0.304 e. The number of carboxylic acid groups (broad SMARTS) is 1. The van der Waals surface area contributed by atoms with Crippen LogP contribution >= 0.6 is 0 Å². The molecule has 3 aromatic rings. The lowest BCUT2D eigenvalue weighted by atomic mass is 9.93. The number of carbonyl (C=O) groups is 1. The second-order valence-corrected chi connectivity index (χ2v) is 7.91. The van der Waals surface area contributed by atoms with Gasteiger partial charge in [0.15, 0.2) is 0 Å². The van der Waals surface area contributed by atoms with Crippen LogP contribution in [0.2, 0.25) is 0 Å². The minimum atomic E-state index is -0.849. The number of aliphatic carboxylic acids is 1. The van der Waals surface area contributed by atoms with Crippen molar-refractivity contribution in [2.45, 2.75) is 51.0 Å². The molecule has 2 aromatic carbocycles. The molecule has 1 aliphatic carbocycles. The molecule has 1 fully saturated rings. The molecule has 1 heterocycles. The number of H-pyrrole nitrogens is 1. The smallest absolute Gasteiger partial charge is 0.304 e. The number of nitrogens with one attached hydrogen (secondary N) is 1. The highest BCUT2D eigenvalue weighted by atomic mass is 16.5. The summed E-state index contributed by atoms with van der Waals surface area (Å²) in [6, 6.07) is 14.1. The summed E-state index contributed by atoms with van der Waals surface area (Å²) in [6.07, 6.45) is 6.61. The number of fused-ring (bicyclic) bond motifs is 1. The van der Waals surface area contributed by atoms with Gasteiger partial charge >= 0.3 is 5.97 Å². The van der Waals surface area contributed by atoms with E-state index in [1.54, 1.807) is 6.92 Å². The van der Waals surface area contributed by atoms with E-state index < -0.39 is 5.97 Å². The van der Waals surface area contributed by atoms with E-state index >= 15 is 0 Å². The molecule has 2 N–H and O–H groups in total. The Bertz CT molecular complexity index is 1070. The second kappa shape index (κ2) is 9.04. The Hall–Kier alpha value is -3.26. The van der Waals surface area contributed by atoms with E-state index in [1.165, 1.54) is 12.8 Å². The predicted molar refractivity (Wildman–Crippen MR) is 116 cm³/mol. The Labute approximate surface area is 176 Å². The number of carboxylic acids is 1. The van der Waals surface area contributed by atoms with Gasteiger partial charge in [-0.1, -0.05) is 43.0 Å². The lowest BCUT2D eigenvalue weighted by Gasteiger charge is -2.25. The van der Waals surface area contributed by atoms with Gasteiger partial charge in [-0.25, -0.2) is 0 Å². The normalized spacial score (nSPS) is 16.0. The molecule has 154 valence electrons. The average Bonchev–Trinajstić information content (AvgIpc) is 3.43. The van der Waals surface area contributed by atoms with E-state index in [2.05, 4.69) is 40.2 Å². The number of hydrogen-bond acceptors (Lipinski definition) is 3. The fraction of sp³-hybridized carbons (Fsp3) is 0.360. The van der Waals surface area contributed by atoms with Crippen LogP contribution in [0.15, 0.2) is 48.7 Å². The molecule has 0 saturated heterocycles. The van der Waals surface area contributed by atoms with E-state index in [0.717, 1.165) is 40.6 Å². The van der Waals surface area contributed by atoms with Gasteiger partial charge in [0.05, 0.1) is 24.1 Å². The summed E-state index contributed by atoms with van der Waals surface area (Å²) in [5.41, 5.74) is 3.07. The Morgan fingerprint density at radius 1 is 1.20 bits per heavy atom. The molecule has 0 bridgehead atoms. The molecule has 0 spiro atoms.